The molecule has 0 aliphatic carbocycles. The fourth-order valence-electron chi connectivity index (χ4n) is 2.76. The molecule has 1 aromatic carbocycles. The number of carbonyl (C=O) groups excluding carboxylic acids is 3. The van der Waals surface area contributed by atoms with Gasteiger partial charge in [-0.3, -0.25) is 9.59 Å². The van der Waals surface area contributed by atoms with E-state index < -0.39 is 27.6 Å². The molecule has 0 saturated heterocycles. The molecule has 0 unspecified atom stereocenters. The standard InChI is InChI=1S/C20H23ClN2O6S2/c1-4-29-20(26)17-12(2)16(18(25)22-3)19(30-17)23-15(24)6-5-11-31(27,28)14-9-7-13(21)8-10-14/h7-10H,4-6,11H2,1-3H3,(H,22,25)(H,23,24). The zero-order valence-corrected chi connectivity index (χ0v) is 19.7. The lowest BCUT2D eigenvalue weighted by Crippen LogP contribution is -2.21. The molecule has 1 aromatic heterocycles. The average molecular weight is 487 g/mol. The largest absolute Gasteiger partial charge is 0.462 e. The second kappa shape index (κ2) is 10.7. The fourth-order valence-corrected chi connectivity index (χ4v) is 5.31. The number of ether oxygens (including phenoxy) is 1. The molecular weight excluding hydrogens is 464 g/mol. The van der Waals surface area contributed by atoms with E-state index in [1.165, 1.54) is 31.3 Å². The van der Waals surface area contributed by atoms with Crippen molar-refractivity contribution < 1.29 is 27.5 Å². The van der Waals surface area contributed by atoms with Crippen molar-refractivity contribution in [2.45, 2.75) is 31.6 Å². The summed E-state index contributed by atoms with van der Waals surface area (Å²) in [7, 11) is -2.11. The second-order valence-electron chi connectivity index (χ2n) is 6.48. The lowest BCUT2D eigenvalue weighted by molar-refractivity contribution is -0.116. The minimum atomic E-state index is -3.55. The van der Waals surface area contributed by atoms with Gasteiger partial charge in [-0.25, -0.2) is 13.2 Å². The van der Waals surface area contributed by atoms with Gasteiger partial charge in [0.15, 0.2) is 9.84 Å². The zero-order chi connectivity index (χ0) is 23.2. The van der Waals surface area contributed by atoms with E-state index in [1.54, 1.807) is 13.8 Å². The topological polar surface area (TPSA) is 119 Å². The Morgan fingerprint density at radius 3 is 2.39 bits per heavy atom. The summed E-state index contributed by atoms with van der Waals surface area (Å²) in [6.07, 6.45) is 0.00683. The quantitative estimate of drug-likeness (QED) is 0.524. The Morgan fingerprint density at radius 1 is 1.16 bits per heavy atom. The number of rotatable bonds is 9. The number of hydrogen-bond donors (Lipinski definition) is 2. The number of anilines is 1. The third kappa shape index (κ3) is 6.28. The number of benzene rings is 1. The van der Waals surface area contributed by atoms with Gasteiger partial charge < -0.3 is 15.4 Å². The fraction of sp³-hybridized carbons (Fsp3) is 0.350. The van der Waals surface area contributed by atoms with E-state index in [4.69, 9.17) is 16.3 Å². The summed E-state index contributed by atoms with van der Waals surface area (Å²) in [5.74, 6) is -1.72. The number of sulfone groups is 1. The highest BCUT2D eigenvalue weighted by Crippen LogP contribution is 2.34. The van der Waals surface area contributed by atoms with Gasteiger partial charge in [0.1, 0.15) is 9.88 Å². The predicted octanol–water partition coefficient (Wildman–Crippen LogP) is 3.44. The molecule has 168 valence electrons. The molecule has 0 aliphatic heterocycles. The van der Waals surface area contributed by atoms with Crippen molar-refractivity contribution in [3.8, 4) is 0 Å². The number of thiophene rings is 1. The molecule has 0 radical (unpaired) electrons. The molecular formula is C20H23ClN2O6S2. The van der Waals surface area contributed by atoms with Crippen LogP contribution in [-0.2, 0) is 19.4 Å². The number of amides is 2. The van der Waals surface area contributed by atoms with Gasteiger partial charge in [-0.2, -0.15) is 0 Å². The summed E-state index contributed by atoms with van der Waals surface area (Å²) in [5, 5.41) is 5.74. The minimum absolute atomic E-state index is 0.0777. The van der Waals surface area contributed by atoms with E-state index in [2.05, 4.69) is 10.6 Å². The molecule has 0 aliphatic rings. The Hall–Kier alpha value is -2.43. The van der Waals surface area contributed by atoms with Crippen LogP contribution in [0.5, 0.6) is 0 Å². The van der Waals surface area contributed by atoms with E-state index in [-0.39, 0.29) is 45.5 Å². The Balaban J connectivity index is 2.09. The maximum Gasteiger partial charge on any atom is 0.348 e. The molecule has 2 rings (SSSR count). The zero-order valence-electron chi connectivity index (χ0n) is 17.3. The van der Waals surface area contributed by atoms with Gasteiger partial charge in [-0.1, -0.05) is 11.6 Å². The normalized spacial score (nSPS) is 11.1. The SMILES string of the molecule is CCOC(=O)c1sc(NC(=O)CCCS(=O)(=O)c2ccc(Cl)cc2)c(C(=O)NC)c1C. The molecule has 0 saturated carbocycles. The Bertz CT molecular complexity index is 1080. The van der Waals surface area contributed by atoms with Crippen LogP contribution in [-0.4, -0.2) is 45.6 Å². The lowest BCUT2D eigenvalue weighted by Gasteiger charge is -2.07. The average Bonchev–Trinajstić information content (AvgIpc) is 3.03. The van der Waals surface area contributed by atoms with E-state index in [0.717, 1.165) is 11.3 Å². The van der Waals surface area contributed by atoms with Crippen molar-refractivity contribution in [3.05, 3.63) is 45.3 Å². The van der Waals surface area contributed by atoms with E-state index in [0.29, 0.717) is 10.6 Å². The van der Waals surface area contributed by atoms with Gasteiger partial charge in [0.2, 0.25) is 5.91 Å². The first-order valence-electron chi connectivity index (χ1n) is 9.41. The highest BCUT2D eigenvalue weighted by Gasteiger charge is 2.26. The third-order valence-electron chi connectivity index (χ3n) is 4.30. The Morgan fingerprint density at radius 2 is 1.81 bits per heavy atom. The predicted molar refractivity (Wildman–Crippen MR) is 120 cm³/mol. The maximum atomic E-state index is 12.4. The second-order valence-corrected chi connectivity index (χ2v) is 10.1. The van der Waals surface area contributed by atoms with Crippen LogP contribution in [0.15, 0.2) is 29.2 Å². The van der Waals surface area contributed by atoms with Crippen LogP contribution in [0.1, 0.15) is 45.4 Å². The molecule has 2 aromatic rings. The first-order chi connectivity index (χ1) is 14.6. The van der Waals surface area contributed by atoms with Gasteiger partial charge in [-0.15, -0.1) is 11.3 Å². The number of esters is 1. The minimum Gasteiger partial charge on any atom is -0.462 e. The number of hydrogen-bond acceptors (Lipinski definition) is 7. The van der Waals surface area contributed by atoms with Crippen molar-refractivity contribution in [1.82, 2.24) is 5.32 Å². The smallest absolute Gasteiger partial charge is 0.348 e. The first kappa shape index (κ1) is 24.8. The van der Waals surface area contributed by atoms with Gasteiger partial charge in [0.05, 0.1) is 22.8 Å². The van der Waals surface area contributed by atoms with Crippen LogP contribution < -0.4 is 10.6 Å². The summed E-state index contributed by atoms with van der Waals surface area (Å²) in [6.45, 7) is 3.44. The molecule has 0 spiro atoms. The van der Waals surface area contributed by atoms with Gasteiger partial charge in [-0.05, 0) is 50.1 Å². The van der Waals surface area contributed by atoms with Crippen LogP contribution in [0, 0.1) is 6.92 Å². The molecule has 2 N–H and O–H groups in total. The molecule has 31 heavy (non-hydrogen) atoms. The Labute approximate surface area is 189 Å². The molecule has 11 heteroatoms. The lowest BCUT2D eigenvalue weighted by atomic mass is 10.1. The van der Waals surface area contributed by atoms with Gasteiger partial charge in [0.25, 0.3) is 5.91 Å². The van der Waals surface area contributed by atoms with E-state index in [1.807, 2.05) is 0 Å². The maximum absolute atomic E-state index is 12.4. The van der Waals surface area contributed by atoms with Crippen LogP contribution >= 0.6 is 22.9 Å². The number of carbonyl (C=O) groups is 3. The van der Waals surface area contributed by atoms with Gasteiger partial charge in [0, 0.05) is 18.5 Å². The van der Waals surface area contributed by atoms with Crippen molar-refractivity contribution in [2.24, 2.45) is 0 Å². The highest BCUT2D eigenvalue weighted by atomic mass is 35.5. The summed E-state index contributed by atoms with van der Waals surface area (Å²) >= 11 is 6.72. The summed E-state index contributed by atoms with van der Waals surface area (Å²) in [6, 6.07) is 5.81. The first-order valence-corrected chi connectivity index (χ1v) is 12.3. The van der Waals surface area contributed by atoms with Gasteiger partial charge >= 0.3 is 5.97 Å². The van der Waals surface area contributed by atoms with Crippen molar-refractivity contribution >= 4 is 55.6 Å². The van der Waals surface area contributed by atoms with Crippen molar-refractivity contribution in [2.75, 3.05) is 24.7 Å². The third-order valence-corrected chi connectivity index (χ3v) is 7.56. The van der Waals surface area contributed by atoms with E-state index in [9.17, 15) is 22.8 Å². The van der Waals surface area contributed by atoms with Crippen LogP contribution in [0.4, 0.5) is 5.00 Å². The van der Waals surface area contributed by atoms with E-state index >= 15 is 0 Å². The van der Waals surface area contributed by atoms with Crippen LogP contribution in [0.3, 0.4) is 0 Å². The van der Waals surface area contributed by atoms with Crippen molar-refractivity contribution in [3.63, 3.8) is 0 Å². The summed E-state index contributed by atoms with van der Waals surface area (Å²) in [4.78, 5) is 37.1. The molecule has 2 amide bonds. The summed E-state index contributed by atoms with van der Waals surface area (Å²) < 4.78 is 29.7. The molecule has 0 bridgehead atoms. The summed E-state index contributed by atoms with van der Waals surface area (Å²) in [5.41, 5.74) is 0.584. The van der Waals surface area contributed by atoms with Crippen molar-refractivity contribution in [1.29, 1.82) is 0 Å². The monoisotopic (exact) mass is 486 g/mol. The van der Waals surface area contributed by atoms with Crippen LogP contribution in [0.2, 0.25) is 5.02 Å². The molecule has 8 nitrogen and oxygen atoms in total. The highest BCUT2D eigenvalue weighted by molar-refractivity contribution is 7.91. The Kier molecular flexibility index (Phi) is 8.60. The molecule has 0 atom stereocenters. The van der Waals surface area contributed by atoms with Crippen LogP contribution in [0.25, 0.3) is 0 Å². The number of halogens is 1. The number of nitrogens with one attached hydrogen (secondary N) is 2. The molecule has 0 fully saturated rings. The molecule has 1 heterocycles.